The lowest BCUT2D eigenvalue weighted by molar-refractivity contribution is -0.183. The van der Waals surface area contributed by atoms with Gasteiger partial charge in [0.2, 0.25) is 5.92 Å². The zero-order valence-corrected chi connectivity index (χ0v) is 17.1. The first-order valence-corrected chi connectivity index (χ1v) is 10.0. The number of piperidine rings is 1. The van der Waals surface area contributed by atoms with Gasteiger partial charge >= 0.3 is 6.09 Å². The fourth-order valence-corrected chi connectivity index (χ4v) is 4.61. The van der Waals surface area contributed by atoms with Gasteiger partial charge in [-0.2, -0.15) is 5.10 Å². The minimum absolute atomic E-state index is 0.0932. The van der Waals surface area contributed by atoms with Crippen molar-refractivity contribution < 1.29 is 18.3 Å². The van der Waals surface area contributed by atoms with Crippen molar-refractivity contribution in [2.24, 2.45) is 5.41 Å². The number of ether oxygens (including phenoxy) is 1. The molecule has 1 amide bonds. The smallest absolute Gasteiger partial charge is 0.410 e. The van der Waals surface area contributed by atoms with E-state index in [0.717, 1.165) is 11.3 Å². The van der Waals surface area contributed by atoms with Crippen molar-refractivity contribution >= 4 is 6.09 Å². The van der Waals surface area contributed by atoms with Crippen molar-refractivity contribution in [2.75, 3.05) is 6.54 Å². The number of alkyl halides is 2. The number of nitrogens with zero attached hydrogens (tertiary/aromatic N) is 3. The van der Waals surface area contributed by atoms with Crippen LogP contribution in [0.15, 0.2) is 42.7 Å². The summed E-state index contributed by atoms with van der Waals surface area (Å²) in [6.07, 6.45) is 4.11. The predicted octanol–water partition coefficient (Wildman–Crippen LogP) is 5.36. The van der Waals surface area contributed by atoms with Crippen LogP contribution in [0.3, 0.4) is 0 Å². The first-order chi connectivity index (χ1) is 13.6. The van der Waals surface area contributed by atoms with Crippen LogP contribution in [-0.2, 0) is 4.74 Å². The van der Waals surface area contributed by atoms with Gasteiger partial charge in [0.05, 0.1) is 11.7 Å². The Morgan fingerprint density at radius 3 is 2.45 bits per heavy atom. The molecule has 2 aromatic rings. The highest BCUT2D eigenvalue weighted by atomic mass is 19.3. The first-order valence-electron chi connectivity index (χ1n) is 10.0. The van der Waals surface area contributed by atoms with Crippen molar-refractivity contribution in [1.29, 1.82) is 0 Å². The SMILES string of the molecule is CC(C)(C)OC(=O)N1CCC2(CC1c1ccc(-n3cccn3)cc1)CC(F)(F)C2. The summed E-state index contributed by atoms with van der Waals surface area (Å²) in [4.78, 5) is 14.5. The molecule has 1 saturated carbocycles. The molecule has 1 aliphatic carbocycles. The standard InChI is InChI=1S/C22H27F2N3O2/c1-20(2,3)29-19(28)26-12-9-21(14-22(23,24)15-21)13-18(26)16-5-7-17(8-6-16)27-11-4-10-25-27/h4-8,10-11,18H,9,12-15H2,1-3H3. The van der Waals surface area contributed by atoms with Crippen LogP contribution in [0.5, 0.6) is 0 Å². The zero-order valence-electron chi connectivity index (χ0n) is 17.1. The number of hydrogen-bond acceptors (Lipinski definition) is 3. The Labute approximate surface area is 169 Å². The second-order valence-electron chi connectivity index (χ2n) is 9.40. The van der Waals surface area contributed by atoms with Crippen LogP contribution in [0.25, 0.3) is 5.69 Å². The molecule has 7 heteroatoms. The maximum Gasteiger partial charge on any atom is 0.410 e. The number of likely N-dealkylation sites (tertiary alicyclic amines) is 1. The molecule has 156 valence electrons. The van der Waals surface area contributed by atoms with Gasteiger partial charge in [0.25, 0.3) is 0 Å². The van der Waals surface area contributed by atoms with Gasteiger partial charge in [-0.05, 0) is 62.8 Å². The molecule has 0 radical (unpaired) electrons. The molecule has 1 unspecified atom stereocenters. The van der Waals surface area contributed by atoms with Crippen LogP contribution in [0.4, 0.5) is 13.6 Å². The zero-order chi connectivity index (χ0) is 20.9. The monoisotopic (exact) mass is 403 g/mol. The summed E-state index contributed by atoms with van der Waals surface area (Å²) in [6, 6.07) is 9.35. The molecule has 2 fully saturated rings. The summed E-state index contributed by atoms with van der Waals surface area (Å²) in [6.45, 7) is 5.92. The van der Waals surface area contributed by atoms with Gasteiger partial charge in [0, 0.05) is 31.8 Å². The van der Waals surface area contributed by atoms with Crippen LogP contribution in [0, 0.1) is 5.41 Å². The molecular weight excluding hydrogens is 376 g/mol. The Kier molecular flexibility index (Phi) is 4.67. The third-order valence-electron chi connectivity index (χ3n) is 5.83. The first kappa shape index (κ1) is 19.9. The van der Waals surface area contributed by atoms with Crippen LogP contribution in [-0.4, -0.2) is 38.8 Å². The lowest BCUT2D eigenvalue weighted by Gasteiger charge is -2.54. The predicted molar refractivity (Wildman–Crippen MR) is 105 cm³/mol. The fraction of sp³-hybridized carbons (Fsp3) is 0.545. The number of carbonyl (C=O) groups is 1. The summed E-state index contributed by atoms with van der Waals surface area (Å²) in [7, 11) is 0. The largest absolute Gasteiger partial charge is 0.444 e. The molecule has 0 bridgehead atoms. The molecule has 2 heterocycles. The van der Waals surface area contributed by atoms with E-state index in [1.165, 1.54) is 0 Å². The van der Waals surface area contributed by atoms with Crippen LogP contribution >= 0.6 is 0 Å². The normalized spacial score (nSPS) is 22.9. The molecule has 4 rings (SSSR count). The molecule has 1 aliphatic heterocycles. The molecule has 1 aromatic heterocycles. The van der Waals surface area contributed by atoms with Gasteiger partial charge in [-0.15, -0.1) is 0 Å². The Morgan fingerprint density at radius 1 is 1.21 bits per heavy atom. The van der Waals surface area contributed by atoms with Crippen LogP contribution in [0.2, 0.25) is 0 Å². The summed E-state index contributed by atoms with van der Waals surface area (Å²) < 4.78 is 34.7. The number of carbonyl (C=O) groups excluding carboxylic acids is 1. The minimum Gasteiger partial charge on any atom is -0.444 e. The van der Waals surface area contributed by atoms with Gasteiger partial charge in [0.15, 0.2) is 0 Å². The maximum absolute atomic E-state index is 13.7. The average molecular weight is 403 g/mol. The highest BCUT2D eigenvalue weighted by Crippen LogP contribution is 2.60. The molecular formula is C22H27F2N3O2. The third kappa shape index (κ3) is 4.14. The molecule has 1 spiro atoms. The van der Waals surface area contributed by atoms with E-state index in [9.17, 15) is 13.6 Å². The number of benzene rings is 1. The van der Waals surface area contributed by atoms with Crippen molar-refractivity contribution in [3.8, 4) is 5.69 Å². The number of amides is 1. The molecule has 1 aromatic carbocycles. The Hall–Kier alpha value is -2.44. The molecule has 5 nitrogen and oxygen atoms in total. The van der Waals surface area contributed by atoms with Gasteiger partial charge in [-0.25, -0.2) is 18.3 Å². The van der Waals surface area contributed by atoms with E-state index in [4.69, 9.17) is 4.74 Å². The second-order valence-corrected chi connectivity index (χ2v) is 9.40. The van der Waals surface area contributed by atoms with E-state index < -0.39 is 16.9 Å². The quantitative estimate of drug-likeness (QED) is 0.678. The van der Waals surface area contributed by atoms with E-state index >= 15 is 0 Å². The van der Waals surface area contributed by atoms with E-state index in [1.807, 2.05) is 57.3 Å². The van der Waals surface area contributed by atoms with E-state index in [2.05, 4.69) is 5.10 Å². The highest BCUT2D eigenvalue weighted by Gasteiger charge is 2.59. The summed E-state index contributed by atoms with van der Waals surface area (Å²) in [5.41, 5.74) is 0.835. The third-order valence-corrected chi connectivity index (χ3v) is 5.83. The molecule has 1 saturated heterocycles. The molecule has 0 N–H and O–H groups in total. The van der Waals surface area contributed by atoms with E-state index in [1.54, 1.807) is 15.8 Å². The number of rotatable bonds is 2. The Morgan fingerprint density at radius 2 is 1.90 bits per heavy atom. The lowest BCUT2D eigenvalue weighted by Crippen LogP contribution is -2.54. The fourth-order valence-electron chi connectivity index (χ4n) is 4.61. The van der Waals surface area contributed by atoms with Crippen molar-refractivity contribution in [3.05, 3.63) is 48.3 Å². The van der Waals surface area contributed by atoms with Gasteiger partial charge in [0.1, 0.15) is 5.60 Å². The Bertz CT molecular complexity index is 864. The summed E-state index contributed by atoms with van der Waals surface area (Å²) in [5.74, 6) is -2.58. The molecule has 2 aliphatic rings. The summed E-state index contributed by atoms with van der Waals surface area (Å²) >= 11 is 0. The summed E-state index contributed by atoms with van der Waals surface area (Å²) in [5, 5.41) is 4.22. The van der Waals surface area contributed by atoms with Crippen molar-refractivity contribution in [2.45, 2.75) is 64.0 Å². The van der Waals surface area contributed by atoms with Crippen molar-refractivity contribution in [3.63, 3.8) is 0 Å². The molecule has 29 heavy (non-hydrogen) atoms. The topological polar surface area (TPSA) is 47.4 Å². The number of aromatic nitrogens is 2. The van der Waals surface area contributed by atoms with Gasteiger partial charge in [-0.1, -0.05) is 12.1 Å². The maximum atomic E-state index is 13.7. The van der Waals surface area contributed by atoms with Crippen LogP contribution in [0.1, 0.15) is 58.1 Å². The lowest BCUT2D eigenvalue weighted by atomic mass is 9.59. The number of hydrogen-bond donors (Lipinski definition) is 0. The Balaban J connectivity index is 1.60. The van der Waals surface area contributed by atoms with Gasteiger partial charge < -0.3 is 9.64 Å². The van der Waals surface area contributed by atoms with E-state index in [0.29, 0.717) is 19.4 Å². The second kappa shape index (κ2) is 6.82. The minimum atomic E-state index is -2.58. The average Bonchev–Trinajstić information content (AvgIpc) is 3.13. The van der Waals surface area contributed by atoms with Crippen molar-refractivity contribution in [1.82, 2.24) is 14.7 Å². The van der Waals surface area contributed by atoms with Gasteiger partial charge in [-0.3, -0.25) is 0 Å². The highest BCUT2D eigenvalue weighted by molar-refractivity contribution is 5.69. The number of halogens is 2. The molecule has 1 atom stereocenters. The van der Waals surface area contributed by atoms with Crippen LogP contribution < -0.4 is 0 Å². The van der Waals surface area contributed by atoms with E-state index in [-0.39, 0.29) is 25.0 Å².